The van der Waals surface area contributed by atoms with E-state index in [9.17, 15) is 39.5 Å². The monoisotopic (exact) mass is 449 g/mol. The van der Waals surface area contributed by atoms with Crippen molar-refractivity contribution in [3.8, 4) is 11.1 Å². The van der Waals surface area contributed by atoms with Gasteiger partial charge in [0, 0.05) is 12.1 Å². The van der Waals surface area contributed by atoms with Gasteiger partial charge in [-0.1, -0.05) is 11.6 Å². The van der Waals surface area contributed by atoms with Crippen molar-refractivity contribution in [2.75, 3.05) is 11.9 Å². The molecular formula is C14H5ClF9N5. The Morgan fingerprint density at radius 3 is 2.03 bits per heavy atom. The molecule has 0 unspecified atom stereocenters. The van der Waals surface area contributed by atoms with Crippen LogP contribution in [0.5, 0.6) is 0 Å². The molecule has 0 aliphatic rings. The van der Waals surface area contributed by atoms with E-state index in [1.807, 2.05) is 0 Å². The summed E-state index contributed by atoms with van der Waals surface area (Å²) in [7, 11) is 0. The van der Waals surface area contributed by atoms with E-state index in [4.69, 9.17) is 11.6 Å². The van der Waals surface area contributed by atoms with Crippen molar-refractivity contribution in [1.29, 1.82) is 0 Å². The number of hydrogen-bond donors (Lipinski definition) is 1. The summed E-state index contributed by atoms with van der Waals surface area (Å²) in [5.41, 5.74) is -2.03. The Morgan fingerprint density at radius 1 is 0.931 bits per heavy atom. The number of nitrogens with zero attached hydrogens (tertiary/aromatic N) is 4. The molecule has 0 aliphatic heterocycles. The first kappa shape index (κ1) is 21.0. The van der Waals surface area contributed by atoms with Crippen LogP contribution in [0.1, 0.15) is 5.82 Å². The summed E-state index contributed by atoms with van der Waals surface area (Å²) in [4.78, 5) is 6.41. The number of anilines is 1. The largest absolute Gasteiger partial charge is 0.453 e. The number of nitrogens with one attached hydrogen (secondary N) is 1. The Bertz CT molecular complexity index is 1070. The highest BCUT2D eigenvalue weighted by Crippen LogP contribution is 2.39. The Kier molecular flexibility index (Phi) is 5.01. The lowest BCUT2D eigenvalue weighted by molar-refractivity contribution is -0.144. The molecule has 0 atom stereocenters. The fourth-order valence-electron chi connectivity index (χ4n) is 2.34. The minimum absolute atomic E-state index is 0.165. The van der Waals surface area contributed by atoms with Crippen LogP contribution in [0.3, 0.4) is 0 Å². The second kappa shape index (κ2) is 6.93. The lowest BCUT2D eigenvalue weighted by Crippen LogP contribution is -2.23. The van der Waals surface area contributed by atoms with E-state index < -0.39 is 70.0 Å². The maximum Gasteiger partial charge on any atom is 0.453 e. The third-order valence-corrected chi connectivity index (χ3v) is 3.68. The molecule has 2 heterocycles. The molecule has 2 aromatic heterocycles. The highest BCUT2D eigenvalue weighted by Gasteiger charge is 2.38. The standard InChI is InChI=1S/C14H5ClF9N5/c15-9-8(7-5(17)1-4(16)2-6(7)18)10(25-3-13(19,20)21)29-12(26-9)27-11(28-29)14(22,23)24/h1-2,25H,3H2. The van der Waals surface area contributed by atoms with Crippen LogP contribution < -0.4 is 5.32 Å². The molecular weight excluding hydrogens is 445 g/mol. The molecule has 3 aromatic rings. The molecule has 0 amide bonds. The molecule has 0 saturated carbocycles. The zero-order valence-corrected chi connectivity index (χ0v) is 14.2. The van der Waals surface area contributed by atoms with Crippen LogP contribution in [0.2, 0.25) is 5.15 Å². The normalized spacial score (nSPS) is 12.6. The maximum atomic E-state index is 14.2. The molecule has 1 N–H and O–H groups in total. The predicted molar refractivity (Wildman–Crippen MR) is 80.6 cm³/mol. The highest BCUT2D eigenvalue weighted by molar-refractivity contribution is 6.33. The van der Waals surface area contributed by atoms with Crippen molar-refractivity contribution < 1.29 is 39.5 Å². The number of aromatic nitrogens is 4. The Balaban J connectivity index is 2.35. The molecule has 5 nitrogen and oxygen atoms in total. The van der Waals surface area contributed by atoms with Crippen LogP contribution in [0.15, 0.2) is 12.1 Å². The van der Waals surface area contributed by atoms with Gasteiger partial charge in [-0.2, -0.15) is 40.8 Å². The molecule has 0 spiro atoms. The third-order valence-electron chi connectivity index (χ3n) is 3.41. The Morgan fingerprint density at radius 2 is 1.52 bits per heavy atom. The van der Waals surface area contributed by atoms with Crippen LogP contribution in [0.4, 0.5) is 45.3 Å². The molecule has 156 valence electrons. The summed E-state index contributed by atoms with van der Waals surface area (Å²) in [6.07, 6.45) is -9.99. The second-order valence-corrected chi connectivity index (χ2v) is 5.84. The van der Waals surface area contributed by atoms with Gasteiger partial charge in [0.25, 0.3) is 11.6 Å². The van der Waals surface area contributed by atoms with Crippen LogP contribution in [0, 0.1) is 17.5 Å². The molecule has 1 aromatic carbocycles. The average molecular weight is 450 g/mol. The Labute approximate surface area is 159 Å². The van der Waals surface area contributed by atoms with Crippen molar-refractivity contribution in [1.82, 2.24) is 19.6 Å². The number of fused-ring (bicyclic) bond motifs is 1. The van der Waals surface area contributed by atoms with Gasteiger partial charge in [0.2, 0.25) is 0 Å². The average Bonchev–Trinajstić information content (AvgIpc) is 2.96. The third kappa shape index (κ3) is 4.16. The SMILES string of the molecule is Fc1cc(F)c(-c2c(Cl)nc3nc(C(F)(F)F)nn3c2NCC(F)(F)F)c(F)c1. The molecule has 0 aliphatic carbocycles. The molecule has 0 saturated heterocycles. The van der Waals surface area contributed by atoms with E-state index in [1.54, 1.807) is 5.32 Å². The number of benzene rings is 1. The van der Waals surface area contributed by atoms with Crippen LogP contribution in [-0.4, -0.2) is 32.3 Å². The van der Waals surface area contributed by atoms with Gasteiger partial charge >= 0.3 is 12.4 Å². The molecule has 0 radical (unpaired) electrons. The van der Waals surface area contributed by atoms with Gasteiger partial charge in [-0.05, 0) is 0 Å². The molecule has 0 bridgehead atoms. The number of hydrogen-bond acceptors (Lipinski definition) is 4. The number of halogens is 10. The smallest absolute Gasteiger partial charge is 0.360 e. The summed E-state index contributed by atoms with van der Waals surface area (Å²) in [6.45, 7) is -1.83. The first-order valence-corrected chi connectivity index (χ1v) is 7.64. The summed E-state index contributed by atoms with van der Waals surface area (Å²) in [6, 6.07) is 0.407. The number of alkyl halides is 6. The van der Waals surface area contributed by atoms with Crippen molar-refractivity contribution in [3.05, 3.63) is 40.6 Å². The maximum absolute atomic E-state index is 14.2. The quantitative estimate of drug-likeness (QED) is 0.458. The van der Waals surface area contributed by atoms with E-state index >= 15 is 0 Å². The zero-order valence-electron chi connectivity index (χ0n) is 13.4. The van der Waals surface area contributed by atoms with E-state index in [2.05, 4.69) is 15.1 Å². The van der Waals surface area contributed by atoms with Crippen molar-refractivity contribution >= 4 is 23.2 Å². The summed E-state index contributed by atoms with van der Waals surface area (Å²) in [5.74, 6) is -8.18. The van der Waals surface area contributed by atoms with Crippen LogP contribution >= 0.6 is 11.6 Å². The first-order chi connectivity index (χ1) is 13.3. The van der Waals surface area contributed by atoms with Gasteiger partial charge in [0.05, 0.1) is 11.1 Å². The van der Waals surface area contributed by atoms with Gasteiger partial charge in [0.15, 0.2) is 0 Å². The summed E-state index contributed by atoms with van der Waals surface area (Å²) in [5, 5.41) is 3.79. The molecule has 29 heavy (non-hydrogen) atoms. The summed E-state index contributed by atoms with van der Waals surface area (Å²) >= 11 is 5.78. The molecule has 0 fully saturated rings. The topological polar surface area (TPSA) is 55.1 Å². The highest BCUT2D eigenvalue weighted by atomic mass is 35.5. The van der Waals surface area contributed by atoms with Gasteiger partial charge < -0.3 is 5.32 Å². The lowest BCUT2D eigenvalue weighted by atomic mass is 10.1. The first-order valence-electron chi connectivity index (χ1n) is 7.27. The number of rotatable bonds is 3. The van der Waals surface area contributed by atoms with E-state index in [0.717, 1.165) is 0 Å². The summed E-state index contributed by atoms with van der Waals surface area (Å²) < 4.78 is 118. The molecule has 15 heteroatoms. The molecule has 3 rings (SSSR count). The van der Waals surface area contributed by atoms with Gasteiger partial charge in [0.1, 0.15) is 35.0 Å². The fourth-order valence-corrected chi connectivity index (χ4v) is 2.60. The van der Waals surface area contributed by atoms with Crippen LogP contribution in [-0.2, 0) is 6.18 Å². The van der Waals surface area contributed by atoms with E-state index in [1.165, 1.54) is 0 Å². The minimum atomic E-state index is -5.10. The Hall–Kier alpha value is -2.77. The van der Waals surface area contributed by atoms with Gasteiger partial charge in [-0.15, -0.1) is 5.10 Å². The lowest BCUT2D eigenvalue weighted by Gasteiger charge is -2.16. The van der Waals surface area contributed by atoms with Gasteiger partial charge in [-0.25, -0.2) is 13.2 Å². The van der Waals surface area contributed by atoms with Crippen molar-refractivity contribution in [3.63, 3.8) is 0 Å². The second-order valence-electron chi connectivity index (χ2n) is 5.48. The predicted octanol–water partition coefficient (Wildman–Crippen LogP) is 4.86. The van der Waals surface area contributed by atoms with Crippen molar-refractivity contribution in [2.45, 2.75) is 12.4 Å². The van der Waals surface area contributed by atoms with E-state index in [-0.39, 0.29) is 16.6 Å². The van der Waals surface area contributed by atoms with E-state index in [0.29, 0.717) is 0 Å². The zero-order chi connectivity index (χ0) is 21.7. The van der Waals surface area contributed by atoms with Gasteiger partial charge in [-0.3, -0.25) is 0 Å². The van der Waals surface area contributed by atoms with Crippen LogP contribution in [0.25, 0.3) is 16.9 Å². The minimum Gasteiger partial charge on any atom is -0.360 e. The fraction of sp³-hybridized carbons (Fsp3) is 0.214. The van der Waals surface area contributed by atoms with Crippen molar-refractivity contribution in [2.24, 2.45) is 0 Å².